The maximum atomic E-state index is 5.06. The lowest BCUT2D eigenvalue weighted by Crippen LogP contribution is -2.25. The van der Waals surface area contributed by atoms with E-state index < -0.39 is 0 Å². The molecule has 0 fully saturated rings. The van der Waals surface area contributed by atoms with E-state index >= 15 is 0 Å². The van der Waals surface area contributed by atoms with Gasteiger partial charge in [0.05, 0.1) is 3.79 Å². The predicted octanol–water partition coefficient (Wildman–Crippen LogP) is 3.90. The van der Waals surface area contributed by atoms with Gasteiger partial charge < -0.3 is 10.1 Å². The number of fused-ring (bicyclic) bond motifs is 1. The van der Waals surface area contributed by atoms with Crippen LogP contribution in [0.5, 0.6) is 0 Å². The molecule has 1 aliphatic rings. The monoisotopic (exact) mass is 317 g/mol. The van der Waals surface area contributed by atoms with Crippen LogP contribution in [-0.2, 0) is 11.2 Å². The van der Waals surface area contributed by atoms with Gasteiger partial charge in [-0.15, -0.1) is 11.3 Å². The van der Waals surface area contributed by atoms with Crippen LogP contribution in [0, 0.1) is 0 Å². The number of ether oxygens (including phenoxy) is 1. The van der Waals surface area contributed by atoms with Crippen LogP contribution in [0.4, 0.5) is 0 Å². The van der Waals surface area contributed by atoms with E-state index in [9.17, 15) is 0 Å². The molecule has 0 aromatic carbocycles. The Kier molecular flexibility index (Phi) is 5.48. The third kappa shape index (κ3) is 3.78. The zero-order valence-electron chi connectivity index (χ0n) is 10.3. The minimum atomic E-state index is 0.573. The van der Waals surface area contributed by atoms with Crippen LogP contribution in [0.15, 0.2) is 9.85 Å². The fourth-order valence-electron chi connectivity index (χ4n) is 2.38. The first kappa shape index (κ1) is 13.5. The molecule has 4 heteroatoms. The molecular formula is C13H20BrNOS. The molecule has 1 unspecified atom stereocenters. The predicted molar refractivity (Wildman–Crippen MR) is 76.8 cm³/mol. The number of methoxy groups -OCH3 is 1. The van der Waals surface area contributed by atoms with Crippen molar-refractivity contribution < 1.29 is 4.74 Å². The van der Waals surface area contributed by atoms with Crippen molar-refractivity contribution in [3.05, 3.63) is 20.3 Å². The van der Waals surface area contributed by atoms with Gasteiger partial charge in [0.15, 0.2) is 0 Å². The van der Waals surface area contributed by atoms with Crippen LogP contribution < -0.4 is 5.32 Å². The van der Waals surface area contributed by atoms with E-state index in [1.807, 2.05) is 11.3 Å². The molecule has 2 rings (SSSR count). The van der Waals surface area contributed by atoms with Gasteiger partial charge in [-0.05, 0) is 66.2 Å². The Hall–Kier alpha value is 0.100. The quantitative estimate of drug-likeness (QED) is 0.803. The van der Waals surface area contributed by atoms with Gasteiger partial charge in [-0.3, -0.25) is 0 Å². The summed E-state index contributed by atoms with van der Waals surface area (Å²) in [6.07, 6.45) is 6.20. The molecule has 1 aliphatic carbocycles. The average Bonchev–Trinajstić information content (AvgIpc) is 2.70. The zero-order chi connectivity index (χ0) is 12.1. The normalized spacial score (nSPS) is 19.3. The molecule has 1 aromatic heterocycles. The van der Waals surface area contributed by atoms with Gasteiger partial charge in [-0.25, -0.2) is 0 Å². The van der Waals surface area contributed by atoms with Crippen molar-refractivity contribution in [3.8, 4) is 0 Å². The van der Waals surface area contributed by atoms with Gasteiger partial charge in [-0.1, -0.05) is 0 Å². The van der Waals surface area contributed by atoms with Crippen molar-refractivity contribution >= 4 is 27.3 Å². The van der Waals surface area contributed by atoms with Crippen LogP contribution in [0.2, 0.25) is 0 Å². The Morgan fingerprint density at radius 1 is 1.53 bits per heavy atom. The highest BCUT2D eigenvalue weighted by molar-refractivity contribution is 9.11. The zero-order valence-corrected chi connectivity index (χ0v) is 12.7. The van der Waals surface area contributed by atoms with Crippen molar-refractivity contribution in [2.75, 3.05) is 20.3 Å². The molecule has 0 amide bonds. The summed E-state index contributed by atoms with van der Waals surface area (Å²) in [6.45, 7) is 1.97. The topological polar surface area (TPSA) is 21.3 Å². The first-order valence-corrected chi connectivity index (χ1v) is 7.92. The molecule has 17 heavy (non-hydrogen) atoms. The average molecular weight is 318 g/mol. The van der Waals surface area contributed by atoms with E-state index in [-0.39, 0.29) is 0 Å². The van der Waals surface area contributed by atoms with Crippen LogP contribution >= 0.6 is 27.3 Å². The smallest absolute Gasteiger partial charge is 0.0704 e. The molecule has 2 nitrogen and oxygen atoms in total. The minimum Gasteiger partial charge on any atom is -0.385 e. The Morgan fingerprint density at radius 2 is 2.41 bits per heavy atom. The van der Waals surface area contributed by atoms with Crippen molar-refractivity contribution in [3.63, 3.8) is 0 Å². The SMILES string of the molecule is COCCCCNC1CCCc2sc(Br)cc21. The third-order valence-corrected chi connectivity index (χ3v) is 4.96. The highest BCUT2D eigenvalue weighted by atomic mass is 79.9. The highest BCUT2D eigenvalue weighted by Crippen LogP contribution is 2.37. The van der Waals surface area contributed by atoms with Gasteiger partial charge in [0.2, 0.25) is 0 Å². The van der Waals surface area contributed by atoms with Gasteiger partial charge >= 0.3 is 0 Å². The van der Waals surface area contributed by atoms with Gasteiger partial charge in [0.25, 0.3) is 0 Å². The summed E-state index contributed by atoms with van der Waals surface area (Å²) in [7, 11) is 1.77. The Labute approximate surface area is 116 Å². The molecule has 1 aromatic rings. The number of hydrogen-bond donors (Lipinski definition) is 1. The van der Waals surface area contributed by atoms with Crippen molar-refractivity contribution in [1.29, 1.82) is 0 Å². The largest absolute Gasteiger partial charge is 0.385 e. The summed E-state index contributed by atoms with van der Waals surface area (Å²) >= 11 is 5.49. The van der Waals surface area contributed by atoms with Crippen LogP contribution in [0.1, 0.15) is 42.2 Å². The van der Waals surface area contributed by atoms with E-state index in [1.54, 1.807) is 12.0 Å². The van der Waals surface area contributed by atoms with E-state index in [0.29, 0.717) is 6.04 Å². The maximum absolute atomic E-state index is 5.06. The molecule has 1 heterocycles. The molecule has 0 aliphatic heterocycles. The standard InChI is InChI=1S/C13H20BrNOS/c1-16-8-3-2-7-15-11-5-4-6-12-10(11)9-13(14)17-12/h9,11,15H,2-8H2,1H3. The van der Waals surface area contributed by atoms with Gasteiger partial charge in [0.1, 0.15) is 0 Å². The van der Waals surface area contributed by atoms with Crippen molar-refractivity contribution in [1.82, 2.24) is 5.32 Å². The molecular weight excluding hydrogens is 298 g/mol. The number of halogens is 1. The lowest BCUT2D eigenvalue weighted by atomic mass is 9.94. The van der Waals surface area contributed by atoms with E-state index in [0.717, 1.165) is 19.6 Å². The van der Waals surface area contributed by atoms with E-state index in [4.69, 9.17) is 4.74 Å². The highest BCUT2D eigenvalue weighted by Gasteiger charge is 2.21. The molecule has 96 valence electrons. The number of rotatable bonds is 6. The Balaban J connectivity index is 1.82. The number of unbranched alkanes of at least 4 members (excludes halogenated alkanes) is 1. The fourth-order valence-corrected chi connectivity index (χ4v) is 4.20. The van der Waals surface area contributed by atoms with E-state index in [1.165, 1.54) is 35.0 Å². The number of thiophene rings is 1. The molecule has 0 bridgehead atoms. The molecule has 0 saturated heterocycles. The third-order valence-electron chi connectivity index (χ3n) is 3.25. The summed E-state index contributed by atoms with van der Waals surface area (Å²) in [4.78, 5) is 1.57. The molecule has 1 atom stereocenters. The van der Waals surface area contributed by atoms with Gasteiger partial charge in [0, 0.05) is 24.6 Å². The van der Waals surface area contributed by atoms with Crippen LogP contribution in [0.25, 0.3) is 0 Å². The summed E-state index contributed by atoms with van der Waals surface area (Å²) in [5.41, 5.74) is 1.53. The number of aryl methyl sites for hydroxylation is 1. The fraction of sp³-hybridized carbons (Fsp3) is 0.692. The molecule has 0 radical (unpaired) electrons. The van der Waals surface area contributed by atoms with Crippen LogP contribution in [-0.4, -0.2) is 20.3 Å². The van der Waals surface area contributed by atoms with Gasteiger partial charge in [-0.2, -0.15) is 0 Å². The van der Waals surface area contributed by atoms with Crippen LogP contribution in [0.3, 0.4) is 0 Å². The first-order valence-electron chi connectivity index (χ1n) is 6.31. The summed E-state index contributed by atoms with van der Waals surface area (Å²) in [5.74, 6) is 0. The van der Waals surface area contributed by atoms with Crippen molar-refractivity contribution in [2.45, 2.75) is 38.1 Å². The summed E-state index contributed by atoms with van der Waals surface area (Å²) < 4.78 is 6.33. The Morgan fingerprint density at radius 3 is 3.24 bits per heavy atom. The second kappa shape index (κ2) is 6.88. The van der Waals surface area contributed by atoms with Crippen molar-refractivity contribution in [2.24, 2.45) is 0 Å². The lowest BCUT2D eigenvalue weighted by molar-refractivity contribution is 0.192. The maximum Gasteiger partial charge on any atom is 0.0704 e. The van der Waals surface area contributed by atoms with E-state index in [2.05, 4.69) is 27.3 Å². The summed E-state index contributed by atoms with van der Waals surface area (Å²) in [5, 5.41) is 3.68. The number of hydrogen-bond acceptors (Lipinski definition) is 3. The first-order chi connectivity index (χ1) is 8.31. The minimum absolute atomic E-state index is 0.573. The molecule has 0 saturated carbocycles. The lowest BCUT2D eigenvalue weighted by Gasteiger charge is -2.23. The molecule has 1 N–H and O–H groups in total. The molecule has 0 spiro atoms. The number of nitrogens with one attached hydrogen (secondary N) is 1. The second-order valence-corrected chi connectivity index (χ2v) is 7.04. The Bertz CT molecular complexity index is 353. The summed E-state index contributed by atoms with van der Waals surface area (Å²) in [6, 6.07) is 2.87. The second-order valence-electron chi connectivity index (χ2n) is 4.53.